The number of aromatic nitrogens is 2. The first-order chi connectivity index (χ1) is 17.2. The number of ether oxygens (including phenoxy) is 1. The molecule has 2 aromatic carbocycles. The fourth-order valence-corrected chi connectivity index (χ4v) is 5.18. The van der Waals surface area contributed by atoms with Gasteiger partial charge in [0.05, 0.1) is 17.3 Å². The number of amides is 1. The van der Waals surface area contributed by atoms with E-state index in [1.54, 1.807) is 14.2 Å². The Morgan fingerprint density at radius 3 is 2.47 bits per heavy atom. The van der Waals surface area contributed by atoms with Gasteiger partial charge in [-0.2, -0.15) is 13.2 Å². The van der Waals surface area contributed by atoms with Crippen molar-refractivity contribution in [3.8, 4) is 0 Å². The number of halogens is 4. The molecule has 0 bridgehead atoms. The van der Waals surface area contributed by atoms with E-state index in [2.05, 4.69) is 15.2 Å². The van der Waals surface area contributed by atoms with Crippen molar-refractivity contribution in [1.82, 2.24) is 19.8 Å². The van der Waals surface area contributed by atoms with Gasteiger partial charge in [0.2, 0.25) is 5.91 Å². The number of hydrogen-bond donors (Lipinski definition) is 1. The van der Waals surface area contributed by atoms with Crippen LogP contribution >= 0.6 is 11.6 Å². The summed E-state index contributed by atoms with van der Waals surface area (Å²) < 4.78 is 46.3. The zero-order valence-electron chi connectivity index (χ0n) is 20.1. The van der Waals surface area contributed by atoms with Crippen molar-refractivity contribution in [3.63, 3.8) is 0 Å². The summed E-state index contributed by atoms with van der Waals surface area (Å²) in [6.45, 7) is 1.43. The highest BCUT2D eigenvalue weighted by molar-refractivity contribution is 6.30. The number of methoxy groups -OCH3 is 1. The van der Waals surface area contributed by atoms with Crippen LogP contribution in [0.3, 0.4) is 0 Å². The summed E-state index contributed by atoms with van der Waals surface area (Å²) in [5.41, 5.74) is 1.72. The molecule has 36 heavy (non-hydrogen) atoms. The Morgan fingerprint density at radius 1 is 1.17 bits per heavy atom. The van der Waals surface area contributed by atoms with Crippen LogP contribution in [-0.4, -0.2) is 41.1 Å². The predicted molar refractivity (Wildman–Crippen MR) is 130 cm³/mol. The third-order valence-electron chi connectivity index (χ3n) is 6.54. The molecule has 0 saturated carbocycles. The number of rotatable bonds is 8. The lowest BCUT2D eigenvalue weighted by Crippen LogP contribution is -2.46. The van der Waals surface area contributed by atoms with Crippen LogP contribution in [0.4, 0.5) is 13.2 Å². The lowest BCUT2D eigenvalue weighted by molar-refractivity contribution is -0.137. The van der Waals surface area contributed by atoms with E-state index in [0.717, 1.165) is 29.0 Å². The molecule has 1 unspecified atom stereocenters. The normalized spacial score (nSPS) is 17.0. The number of benzene rings is 2. The van der Waals surface area contributed by atoms with Gasteiger partial charge in [0.25, 0.3) is 0 Å². The van der Waals surface area contributed by atoms with Crippen molar-refractivity contribution in [2.24, 2.45) is 0 Å². The molecule has 1 amide bonds. The minimum Gasteiger partial charge on any atom is -0.377 e. The maximum Gasteiger partial charge on any atom is 0.416 e. The Bertz CT molecular complexity index is 1180. The van der Waals surface area contributed by atoms with Crippen LogP contribution < -0.4 is 5.32 Å². The summed E-state index contributed by atoms with van der Waals surface area (Å²) in [6, 6.07) is 13.8. The summed E-state index contributed by atoms with van der Waals surface area (Å²) >= 11 is 6.64. The summed E-state index contributed by atoms with van der Waals surface area (Å²) in [4.78, 5) is 19.8. The number of aryl methyl sites for hydroxylation is 1. The Hall–Kier alpha value is -2.88. The van der Waals surface area contributed by atoms with Gasteiger partial charge < -0.3 is 14.6 Å². The smallest absolute Gasteiger partial charge is 0.377 e. The third kappa shape index (κ3) is 5.43. The maximum absolute atomic E-state index is 13.1. The van der Waals surface area contributed by atoms with Crippen molar-refractivity contribution < 1.29 is 22.7 Å². The molecule has 1 aromatic heterocycles. The molecule has 2 atom stereocenters. The van der Waals surface area contributed by atoms with Crippen molar-refractivity contribution in [3.05, 3.63) is 88.0 Å². The molecule has 0 radical (unpaired) electrons. The lowest BCUT2D eigenvalue weighted by Gasteiger charge is -2.41. The van der Waals surface area contributed by atoms with Gasteiger partial charge in [-0.1, -0.05) is 54.1 Å². The Labute approximate surface area is 213 Å². The van der Waals surface area contributed by atoms with E-state index in [1.165, 1.54) is 12.1 Å². The molecular formula is C26H28ClF3N4O2. The van der Waals surface area contributed by atoms with Gasteiger partial charge in [0.15, 0.2) is 5.15 Å². The second kappa shape index (κ2) is 11.0. The number of fused-ring (bicyclic) bond motifs is 1. The number of carbonyl (C=O) groups is 1. The van der Waals surface area contributed by atoms with Crippen LogP contribution in [0.5, 0.6) is 0 Å². The van der Waals surface area contributed by atoms with E-state index in [-0.39, 0.29) is 11.9 Å². The standard InChI is InChI=1S/C26H28ClF3N4O2/c1-31-25(35)22(18-6-4-3-5-7-18)33-14-15-34-21(16-36-2)32-24(27)23(34)20(33)13-10-17-8-11-19(12-9-17)26(28,29)30/h3-9,11-12,20,22H,10,13-16H2,1-2H3,(H,31,35)/t20?,22-/m1/s1. The lowest BCUT2D eigenvalue weighted by atomic mass is 9.95. The van der Waals surface area contributed by atoms with Gasteiger partial charge in [0, 0.05) is 27.2 Å². The van der Waals surface area contributed by atoms with Crippen LogP contribution in [0, 0.1) is 0 Å². The molecule has 0 spiro atoms. The molecule has 0 saturated heterocycles. The molecule has 0 aliphatic carbocycles. The number of hydrogen-bond acceptors (Lipinski definition) is 4. The van der Waals surface area contributed by atoms with Crippen molar-refractivity contribution in [1.29, 1.82) is 0 Å². The van der Waals surface area contributed by atoms with Crippen LogP contribution in [0.25, 0.3) is 0 Å². The SMILES string of the molecule is CNC(=O)[C@@H](c1ccccc1)N1CCn2c(COC)nc(Cl)c2C1CCc1ccc(C(F)(F)F)cc1. The van der Waals surface area contributed by atoms with E-state index < -0.39 is 17.8 Å². The van der Waals surface area contributed by atoms with E-state index in [1.807, 2.05) is 34.9 Å². The predicted octanol–water partition coefficient (Wildman–Crippen LogP) is 5.18. The average molecular weight is 521 g/mol. The highest BCUT2D eigenvalue weighted by atomic mass is 35.5. The maximum atomic E-state index is 13.1. The highest BCUT2D eigenvalue weighted by Gasteiger charge is 2.39. The number of alkyl halides is 3. The molecule has 192 valence electrons. The quantitative estimate of drug-likeness (QED) is 0.445. The molecule has 1 N–H and O–H groups in total. The van der Waals surface area contributed by atoms with Gasteiger partial charge in [-0.15, -0.1) is 0 Å². The van der Waals surface area contributed by atoms with Gasteiger partial charge in [-0.05, 0) is 36.1 Å². The van der Waals surface area contributed by atoms with E-state index in [0.29, 0.717) is 43.5 Å². The first kappa shape index (κ1) is 26.2. The Kier molecular flexibility index (Phi) is 8.02. The first-order valence-electron chi connectivity index (χ1n) is 11.7. The topological polar surface area (TPSA) is 59.4 Å². The van der Waals surface area contributed by atoms with Crippen molar-refractivity contribution in [2.45, 2.75) is 44.3 Å². The summed E-state index contributed by atoms with van der Waals surface area (Å²) in [5.74, 6) is 0.551. The van der Waals surface area contributed by atoms with Crippen LogP contribution in [0.1, 0.15) is 46.7 Å². The summed E-state index contributed by atoms with van der Waals surface area (Å²) in [7, 11) is 3.19. The zero-order valence-corrected chi connectivity index (χ0v) is 20.8. The highest BCUT2D eigenvalue weighted by Crippen LogP contribution is 2.40. The minimum absolute atomic E-state index is 0.151. The molecule has 6 nitrogen and oxygen atoms in total. The summed E-state index contributed by atoms with van der Waals surface area (Å²) in [6.07, 6.45) is -3.36. The number of carbonyl (C=O) groups excluding carboxylic acids is 1. The summed E-state index contributed by atoms with van der Waals surface area (Å²) in [5, 5.41) is 3.12. The minimum atomic E-state index is -4.38. The number of nitrogens with one attached hydrogen (secondary N) is 1. The fourth-order valence-electron chi connectivity index (χ4n) is 4.86. The van der Waals surface area contributed by atoms with E-state index in [4.69, 9.17) is 16.3 Å². The van der Waals surface area contributed by atoms with Gasteiger partial charge in [0.1, 0.15) is 18.5 Å². The second-order valence-electron chi connectivity index (χ2n) is 8.70. The first-order valence-corrected chi connectivity index (χ1v) is 12.0. The van der Waals surface area contributed by atoms with Gasteiger partial charge in [-0.25, -0.2) is 4.98 Å². The monoisotopic (exact) mass is 520 g/mol. The van der Waals surface area contributed by atoms with E-state index in [9.17, 15) is 18.0 Å². The molecule has 0 fully saturated rings. The average Bonchev–Trinajstić information content (AvgIpc) is 3.19. The second-order valence-corrected chi connectivity index (χ2v) is 9.06. The molecule has 4 rings (SSSR count). The van der Waals surface area contributed by atoms with Gasteiger partial charge in [-0.3, -0.25) is 9.69 Å². The van der Waals surface area contributed by atoms with Crippen LogP contribution in [0.2, 0.25) is 5.15 Å². The van der Waals surface area contributed by atoms with Crippen molar-refractivity contribution >= 4 is 17.5 Å². The third-order valence-corrected chi connectivity index (χ3v) is 6.82. The Balaban J connectivity index is 1.71. The zero-order chi connectivity index (χ0) is 25.9. The number of nitrogens with zero attached hydrogens (tertiary/aromatic N) is 3. The fraction of sp³-hybridized carbons (Fsp3) is 0.385. The number of likely N-dealkylation sites (N-methyl/N-ethyl adjacent to an activating group) is 1. The molecular weight excluding hydrogens is 493 g/mol. The molecule has 3 aromatic rings. The molecule has 1 aliphatic rings. The molecule has 10 heteroatoms. The van der Waals surface area contributed by atoms with Crippen LogP contribution in [0.15, 0.2) is 54.6 Å². The van der Waals surface area contributed by atoms with Crippen molar-refractivity contribution in [2.75, 3.05) is 20.7 Å². The van der Waals surface area contributed by atoms with Crippen LogP contribution in [-0.2, 0) is 35.3 Å². The largest absolute Gasteiger partial charge is 0.416 e. The van der Waals surface area contributed by atoms with Gasteiger partial charge >= 0.3 is 6.18 Å². The Morgan fingerprint density at radius 2 is 1.86 bits per heavy atom. The molecule has 1 aliphatic heterocycles. The number of imidazole rings is 1. The molecule has 2 heterocycles. The van der Waals surface area contributed by atoms with E-state index >= 15 is 0 Å².